The summed E-state index contributed by atoms with van der Waals surface area (Å²) >= 11 is 0. The van der Waals surface area contributed by atoms with Gasteiger partial charge in [0.25, 0.3) is 0 Å². The van der Waals surface area contributed by atoms with E-state index in [9.17, 15) is 4.79 Å². The second-order valence-corrected chi connectivity index (χ2v) is 4.36. The van der Waals surface area contributed by atoms with Gasteiger partial charge in [0.1, 0.15) is 5.82 Å². The van der Waals surface area contributed by atoms with Crippen LogP contribution in [-0.2, 0) is 4.79 Å². The molecule has 0 aliphatic rings. The third kappa shape index (κ3) is 4.20. The van der Waals surface area contributed by atoms with Gasteiger partial charge in [0.05, 0.1) is 0 Å². The number of unbranched alkanes of at least 4 members (excludes halogenated alkanes) is 1. The molecular weight excluding hydrogens is 228 g/mol. The van der Waals surface area contributed by atoms with Crippen molar-refractivity contribution < 1.29 is 9.90 Å². The number of anilines is 1. The van der Waals surface area contributed by atoms with Crippen LogP contribution in [-0.4, -0.2) is 29.7 Å². The second-order valence-electron chi connectivity index (χ2n) is 4.36. The number of aliphatic carboxylic acids is 1. The van der Waals surface area contributed by atoms with Gasteiger partial charge >= 0.3 is 5.97 Å². The van der Waals surface area contributed by atoms with Crippen LogP contribution >= 0.6 is 0 Å². The van der Waals surface area contributed by atoms with Crippen LogP contribution in [0.1, 0.15) is 30.9 Å². The SMILES string of the molecule is CCCCN(C)c1ncc(/C=C/C(=O)O)cc1C. The average molecular weight is 248 g/mol. The summed E-state index contributed by atoms with van der Waals surface area (Å²) in [7, 11) is 2.03. The smallest absolute Gasteiger partial charge is 0.328 e. The van der Waals surface area contributed by atoms with Gasteiger partial charge in [0, 0.05) is 25.9 Å². The van der Waals surface area contributed by atoms with Crippen LogP contribution in [0, 0.1) is 6.92 Å². The molecule has 0 saturated heterocycles. The third-order valence-corrected chi connectivity index (χ3v) is 2.70. The van der Waals surface area contributed by atoms with E-state index in [4.69, 9.17) is 5.11 Å². The van der Waals surface area contributed by atoms with E-state index in [2.05, 4.69) is 16.8 Å². The van der Waals surface area contributed by atoms with Crippen LogP contribution in [0.25, 0.3) is 6.08 Å². The van der Waals surface area contributed by atoms with Crippen molar-refractivity contribution in [2.75, 3.05) is 18.5 Å². The highest BCUT2D eigenvalue weighted by atomic mass is 16.4. The molecule has 4 heteroatoms. The number of carbonyl (C=O) groups is 1. The summed E-state index contributed by atoms with van der Waals surface area (Å²) in [6, 6.07) is 1.95. The zero-order valence-corrected chi connectivity index (χ0v) is 11.2. The molecule has 0 amide bonds. The van der Waals surface area contributed by atoms with E-state index in [1.165, 1.54) is 0 Å². The Balaban J connectivity index is 2.82. The quantitative estimate of drug-likeness (QED) is 0.786. The van der Waals surface area contributed by atoms with E-state index in [0.717, 1.165) is 42.4 Å². The molecule has 1 rings (SSSR count). The fourth-order valence-corrected chi connectivity index (χ4v) is 1.75. The lowest BCUT2D eigenvalue weighted by molar-refractivity contribution is -0.131. The third-order valence-electron chi connectivity index (χ3n) is 2.70. The Bertz CT molecular complexity index is 441. The molecule has 0 aromatic carbocycles. The molecule has 18 heavy (non-hydrogen) atoms. The van der Waals surface area contributed by atoms with E-state index >= 15 is 0 Å². The van der Waals surface area contributed by atoms with Gasteiger partial charge < -0.3 is 10.0 Å². The van der Waals surface area contributed by atoms with Gasteiger partial charge in [-0.1, -0.05) is 13.3 Å². The Morgan fingerprint density at radius 2 is 2.28 bits per heavy atom. The van der Waals surface area contributed by atoms with E-state index < -0.39 is 5.97 Å². The molecule has 0 unspecified atom stereocenters. The van der Waals surface area contributed by atoms with Crippen molar-refractivity contribution in [3.8, 4) is 0 Å². The molecule has 0 aliphatic carbocycles. The lowest BCUT2D eigenvalue weighted by atomic mass is 10.2. The summed E-state index contributed by atoms with van der Waals surface area (Å²) in [5.41, 5.74) is 1.86. The minimum absolute atomic E-state index is 0.808. The molecule has 0 fully saturated rings. The maximum Gasteiger partial charge on any atom is 0.328 e. The molecule has 4 nitrogen and oxygen atoms in total. The Morgan fingerprint density at radius 3 is 2.83 bits per heavy atom. The number of aromatic nitrogens is 1. The largest absolute Gasteiger partial charge is 0.478 e. The van der Waals surface area contributed by atoms with Crippen LogP contribution in [0.4, 0.5) is 5.82 Å². The first-order valence-corrected chi connectivity index (χ1v) is 6.13. The molecular formula is C14H20N2O2. The van der Waals surface area contributed by atoms with E-state index in [1.54, 1.807) is 12.3 Å². The Labute approximate surface area is 108 Å². The first-order valence-electron chi connectivity index (χ1n) is 6.13. The van der Waals surface area contributed by atoms with Crippen molar-refractivity contribution in [1.29, 1.82) is 0 Å². The van der Waals surface area contributed by atoms with Crippen molar-refractivity contribution in [3.05, 3.63) is 29.5 Å². The molecule has 0 radical (unpaired) electrons. The zero-order chi connectivity index (χ0) is 13.5. The second kappa shape index (κ2) is 6.79. The number of carboxylic acids is 1. The van der Waals surface area contributed by atoms with Gasteiger partial charge in [-0.05, 0) is 36.6 Å². The van der Waals surface area contributed by atoms with Crippen LogP contribution in [0.5, 0.6) is 0 Å². The standard InChI is InChI=1S/C14H20N2O2/c1-4-5-8-16(3)14-11(2)9-12(10-15-14)6-7-13(17)18/h6-7,9-10H,4-5,8H2,1-3H3,(H,17,18)/b7-6+. The van der Waals surface area contributed by atoms with E-state index in [-0.39, 0.29) is 0 Å². The summed E-state index contributed by atoms with van der Waals surface area (Å²) < 4.78 is 0. The summed E-state index contributed by atoms with van der Waals surface area (Å²) in [5, 5.41) is 8.57. The number of hydrogen-bond acceptors (Lipinski definition) is 3. The van der Waals surface area contributed by atoms with Crippen molar-refractivity contribution in [2.45, 2.75) is 26.7 Å². The van der Waals surface area contributed by atoms with Crippen molar-refractivity contribution in [1.82, 2.24) is 4.98 Å². The lowest BCUT2D eigenvalue weighted by Crippen LogP contribution is -2.20. The monoisotopic (exact) mass is 248 g/mol. The Morgan fingerprint density at radius 1 is 1.56 bits per heavy atom. The minimum atomic E-state index is -0.947. The van der Waals surface area contributed by atoms with E-state index in [1.807, 2.05) is 20.0 Å². The zero-order valence-electron chi connectivity index (χ0n) is 11.2. The molecule has 1 heterocycles. The molecule has 98 valence electrons. The number of pyridine rings is 1. The predicted molar refractivity (Wildman–Crippen MR) is 73.8 cm³/mol. The first-order chi connectivity index (χ1) is 8.54. The van der Waals surface area contributed by atoms with Gasteiger partial charge in [0.2, 0.25) is 0 Å². The highest BCUT2D eigenvalue weighted by Gasteiger charge is 2.05. The average Bonchev–Trinajstić information content (AvgIpc) is 2.33. The van der Waals surface area contributed by atoms with Crippen LogP contribution in [0.3, 0.4) is 0 Å². The highest BCUT2D eigenvalue weighted by molar-refractivity contribution is 5.85. The highest BCUT2D eigenvalue weighted by Crippen LogP contribution is 2.17. The van der Waals surface area contributed by atoms with Crippen LogP contribution in [0.2, 0.25) is 0 Å². The normalized spacial score (nSPS) is 10.8. The summed E-state index contributed by atoms with van der Waals surface area (Å²) in [4.78, 5) is 17.0. The predicted octanol–water partition coefficient (Wildman–Crippen LogP) is 2.72. The summed E-state index contributed by atoms with van der Waals surface area (Å²) in [6.45, 7) is 5.13. The number of hydrogen-bond donors (Lipinski definition) is 1. The first kappa shape index (κ1) is 14.2. The lowest BCUT2D eigenvalue weighted by Gasteiger charge is -2.19. The molecule has 1 aromatic heterocycles. The molecule has 1 aromatic rings. The van der Waals surface area contributed by atoms with Gasteiger partial charge in [-0.3, -0.25) is 0 Å². The topological polar surface area (TPSA) is 53.4 Å². The number of nitrogens with zero attached hydrogens (tertiary/aromatic N) is 2. The van der Waals surface area contributed by atoms with Gasteiger partial charge in [-0.15, -0.1) is 0 Å². The molecule has 0 saturated carbocycles. The van der Waals surface area contributed by atoms with Crippen LogP contribution in [0.15, 0.2) is 18.3 Å². The summed E-state index contributed by atoms with van der Waals surface area (Å²) in [5.74, 6) is 0.00715. The minimum Gasteiger partial charge on any atom is -0.478 e. The number of carboxylic acid groups (broad SMARTS) is 1. The fraction of sp³-hybridized carbons (Fsp3) is 0.429. The maximum atomic E-state index is 10.4. The van der Waals surface area contributed by atoms with Gasteiger partial charge in [0.15, 0.2) is 0 Å². The Kier molecular flexibility index (Phi) is 5.36. The fourth-order valence-electron chi connectivity index (χ4n) is 1.75. The number of rotatable bonds is 6. The number of aryl methyl sites for hydroxylation is 1. The molecule has 0 bridgehead atoms. The summed E-state index contributed by atoms with van der Waals surface area (Å²) in [6.07, 6.45) is 6.67. The molecule has 0 spiro atoms. The molecule has 1 N–H and O–H groups in total. The van der Waals surface area contributed by atoms with Crippen molar-refractivity contribution >= 4 is 17.9 Å². The maximum absolute atomic E-state index is 10.4. The van der Waals surface area contributed by atoms with E-state index in [0.29, 0.717) is 0 Å². The van der Waals surface area contributed by atoms with Gasteiger partial charge in [-0.25, -0.2) is 9.78 Å². The molecule has 0 aliphatic heterocycles. The van der Waals surface area contributed by atoms with Gasteiger partial charge in [-0.2, -0.15) is 0 Å². The Hall–Kier alpha value is -1.84. The van der Waals surface area contributed by atoms with Crippen molar-refractivity contribution in [2.24, 2.45) is 0 Å². The van der Waals surface area contributed by atoms with Crippen molar-refractivity contribution in [3.63, 3.8) is 0 Å². The van der Waals surface area contributed by atoms with Crippen LogP contribution < -0.4 is 4.90 Å². The molecule has 0 atom stereocenters.